The summed E-state index contributed by atoms with van der Waals surface area (Å²) in [5, 5.41) is 0. The quantitative estimate of drug-likeness (QED) is 0.222. The molecule has 0 amide bonds. The summed E-state index contributed by atoms with van der Waals surface area (Å²) >= 11 is 0. The molecule has 1 atom stereocenters. The molecule has 0 aromatic heterocycles. The average Bonchev–Trinajstić information content (AvgIpc) is 3.08. The maximum absolute atomic E-state index is 12.2. The summed E-state index contributed by atoms with van der Waals surface area (Å²) in [6, 6.07) is 6.99. The van der Waals surface area contributed by atoms with Gasteiger partial charge in [0.1, 0.15) is 0 Å². The number of cyclic esters (lactones) is 1. The lowest BCUT2D eigenvalue weighted by atomic mass is 10.0. The molecule has 4 nitrogen and oxygen atoms in total. The number of carbonyl (C=O) groups is 2. The standard InChI is InChI=1S/C25H38O4/c1-2-3-4-5-6-7-8-9-10-11-12-13-14-17-20-28-25(27)23-21-18-15-16-19-22(21)24(26)29-23/h15-16,18-19,23H,2-14,17,20H2,1H3. The fraction of sp³-hybridized carbons (Fsp3) is 0.680. The van der Waals surface area contributed by atoms with Gasteiger partial charge in [-0.3, -0.25) is 0 Å². The highest BCUT2D eigenvalue weighted by molar-refractivity contribution is 5.98. The number of unbranched alkanes of at least 4 members (excludes halogenated alkanes) is 13. The molecule has 1 aliphatic heterocycles. The van der Waals surface area contributed by atoms with Crippen LogP contribution < -0.4 is 0 Å². The molecule has 1 aromatic rings. The SMILES string of the molecule is CCCCCCCCCCCCCCCCOC(=O)C1OC(=O)c2ccccc21. The van der Waals surface area contributed by atoms with Gasteiger partial charge in [-0.05, 0) is 12.5 Å². The number of esters is 2. The highest BCUT2D eigenvalue weighted by atomic mass is 16.6. The van der Waals surface area contributed by atoms with Crippen molar-refractivity contribution in [2.75, 3.05) is 6.61 Å². The zero-order chi connectivity index (χ0) is 20.7. The van der Waals surface area contributed by atoms with Crippen LogP contribution in [-0.4, -0.2) is 18.5 Å². The Labute approximate surface area is 176 Å². The second kappa shape index (κ2) is 14.2. The van der Waals surface area contributed by atoms with Crippen LogP contribution in [0, 0.1) is 0 Å². The molecule has 0 aliphatic carbocycles. The molecule has 0 radical (unpaired) electrons. The summed E-state index contributed by atoms with van der Waals surface area (Å²) in [5.41, 5.74) is 1.08. The molecule has 4 heteroatoms. The van der Waals surface area contributed by atoms with Gasteiger partial charge in [-0.1, -0.05) is 109 Å². The molecule has 0 fully saturated rings. The summed E-state index contributed by atoms with van der Waals surface area (Å²) in [5.74, 6) is -0.906. The van der Waals surface area contributed by atoms with E-state index in [0.29, 0.717) is 17.7 Å². The summed E-state index contributed by atoms with van der Waals surface area (Å²) in [7, 11) is 0. The molecule has 0 saturated carbocycles. The third kappa shape index (κ3) is 8.59. The van der Waals surface area contributed by atoms with Crippen LogP contribution in [0.2, 0.25) is 0 Å². The van der Waals surface area contributed by atoms with Gasteiger partial charge >= 0.3 is 11.9 Å². The molecule has 1 aromatic carbocycles. The van der Waals surface area contributed by atoms with Crippen molar-refractivity contribution in [1.82, 2.24) is 0 Å². The van der Waals surface area contributed by atoms with E-state index in [4.69, 9.17) is 9.47 Å². The van der Waals surface area contributed by atoms with Gasteiger partial charge < -0.3 is 9.47 Å². The Morgan fingerprint density at radius 3 is 1.93 bits per heavy atom. The molecule has 0 bridgehead atoms. The molecular weight excluding hydrogens is 364 g/mol. The lowest BCUT2D eigenvalue weighted by Crippen LogP contribution is -2.16. The van der Waals surface area contributed by atoms with Crippen LogP contribution in [0.4, 0.5) is 0 Å². The zero-order valence-corrected chi connectivity index (χ0v) is 18.1. The number of fused-ring (bicyclic) bond motifs is 1. The zero-order valence-electron chi connectivity index (χ0n) is 18.1. The Morgan fingerprint density at radius 2 is 1.34 bits per heavy atom. The fourth-order valence-electron chi connectivity index (χ4n) is 3.87. The Bertz CT molecular complexity index is 611. The Kier molecular flexibility index (Phi) is 11.5. The highest BCUT2D eigenvalue weighted by Crippen LogP contribution is 2.31. The van der Waals surface area contributed by atoms with E-state index in [1.165, 1.54) is 77.0 Å². The van der Waals surface area contributed by atoms with Gasteiger partial charge in [0.05, 0.1) is 12.2 Å². The number of carbonyl (C=O) groups excluding carboxylic acids is 2. The average molecular weight is 403 g/mol. The van der Waals surface area contributed by atoms with Gasteiger partial charge in [0.15, 0.2) is 0 Å². The second-order valence-corrected chi connectivity index (χ2v) is 8.14. The van der Waals surface area contributed by atoms with Crippen molar-refractivity contribution in [1.29, 1.82) is 0 Å². The normalized spacial score (nSPS) is 15.2. The minimum atomic E-state index is -0.898. The maximum Gasteiger partial charge on any atom is 0.352 e. The third-order valence-electron chi connectivity index (χ3n) is 5.64. The summed E-state index contributed by atoms with van der Waals surface area (Å²) in [6.45, 7) is 2.66. The first-order chi connectivity index (χ1) is 14.2. The van der Waals surface area contributed by atoms with E-state index >= 15 is 0 Å². The van der Waals surface area contributed by atoms with Crippen molar-refractivity contribution in [3.63, 3.8) is 0 Å². The summed E-state index contributed by atoms with van der Waals surface area (Å²) in [6.07, 6.45) is 17.2. The van der Waals surface area contributed by atoms with E-state index in [-0.39, 0.29) is 0 Å². The minimum absolute atomic E-state index is 0.396. The van der Waals surface area contributed by atoms with E-state index in [2.05, 4.69) is 6.92 Å². The predicted molar refractivity (Wildman–Crippen MR) is 116 cm³/mol. The van der Waals surface area contributed by atoms with Gasteiger partial charge in [0, 0.05) is 5.56 Å². The first-order valence-electron chi connectivity index (χ1n) is 11.7. The predicted octanol–water partition coefficient (Wildman–Crippen LogP) is 6.92. The van der Waals surface area contributed by atoms with Crippen molar-refractivity contribution in [2.24, 2.45) is 0 Å². The molecule has 1 aliphatic rings. The van der Waals surface area contributed by atoms with Crippen LogP contribution in [0.15, 0.2) is 24.3 Å². The van der Waals surface area contributed by atoms with Crippen molar-refractivity contribution in [2.45, 2.75) is 103 Å². The smallest absolute Gasteiger partial charge is 0.352 e. The number of hydrogen-bond donors (Lipinski definition) is 0. The third-order valence-corrected chi connectivity index (χ3v) is 5.64. The topological polar surface area (TPSA) is 52.6 Å². The lowest BCUT2D eigenvalue weighted by molar-refractivity contribution is -0.153. The summed E-state index contributed by atoms with van der Waals surface area (Å²) in [4.78, 5) is 24.0. The van der Waals surface area contributed by atoms with Crippen LogP contribution in [-0.2, 0) is 14.3 Å². The fourth-order valence-corrected chi connectivity index (χ4v) is 3.87. The van der Waals surface area contributed by atoms with E-state index in [0.717, 1.165) is 12.8 Å². The van der Waals surface area contributed by atoms with Crippen LogP contribution in [0.25, 0.3) is 0 Å². The van der Waals surface area contributed by atoms with E-state index < -0.39 is 18.0 Å². The molecular formula is C25H38O4. The largest absolute Gasteiger partial charge is 0.463 e. The van der Waals surface area contributed by atoms with Gasteiger partial charge in [-0.2, -0.15) is 0 Å². The van der Waals surface area contributed by atoms with Crippen molar-refractivity contribution in [3.8, 4) is 0 Å². The van der Waals surface area contributed by atoms with Gasteiger partial charge in [-0.15, -0.1) is 0 Å². The van der Waals surface area contributed by atoms with E-state index in [1.54, 1.807) is 24.3 Å². The Morgan fingerprint density at radius 1 is 0.828 bits per heavy atom. The molecule has 2 rings (SSSR count). The van der Waals surface area contributed by atoms with Crippen LogP contribution >= 0.6 is 0 Å². The van der Waals surface area contributed by atoms with Crippen LogP contribution in [0.1, 0.15) is 119 Å². The number of ether oxygens (including phenoxy) is 2. The minimum Gasteiger partial charge on any atom is -0.463 e. The number of benzene rings is 1. The molecule has 0 spiro atoms. The first-order valence-corrected chi connectivity index (χ1v) is 11.7. The molecule has 29 heavy (non-hydrogen) atoms. The first kappa shape index (κ1) is 23.4. The monoisotopic (exact) mass is 402 g/mol. The molecule has 162 valence electrons. The molecule has 0 saturated heterocycles. The molecule has 0 N–H and O–H groups in total. The van der Waals surface area contributed by atoms with E-state index in [1.807, 2.05) is 0 Å². The lowest BCUT2D eigenvalue weighted by Gasteiger charge is -2.10. The Hall–Kier alpha value is -1.84. The highest BCUT2D eigenvalue weighted by Gasteiger charge is 2.36. The van der Waals surface area contributed by atoms with Crippen LogP contribution in [0.5, 0.6) is 0 Å². The molecule has 1 heterocycles. The van der Waals surface area contributed by atoms with Gasteiger partial charge in [0.25, 0.3) is 0 Å². The Balaban J connectivity index is 1.40. The number of hydrogen-bond acceptors (Lipinski definition) is 4. The second-order valence-electron chi connectivity index (χ2n) is 8.14. The molecule has 1 unspecified atom stereocenters. The van der Waals surface area contributed by atoms with Gasteiger partial charge in [-0.25, -0.2) is 9.59 Å². The number of rotatable bonds is 16. The van der Waals surface area contributed by atoms with Crippen molar-refractivity contribution >= 4 is 11.9 Å². The summed E-state index contributed by atoms with van der Waals surface area (Å²) < 4.78 is 10.5. The van der Waals surface area contributed by atoms with Crippen molar-refractivity contribution < 1.29 is 19.1 Å². The maximum atomic E-state index is 12.2. The van der Waals surface area contributed by atoms with Crippen LogP contribution in [0.3, 0.4) is 0 Å². The van der Waals surface area contributed by atoms with E-state index in [9.17, 15) is 9.59 Å². The van der Waals surface area contributed by atoms with Gasteiger partial charge in [0.2, 0.25) is 6.10 Å². The van der Waals surface area contributed by atoms with Crippen molar-refractivity contribution in [3.05, 3.63) is 35.4 Å².